The molecule has 0 heterocycles. The van der Waals surface area contributed by atoms with Gasteiger partial charge >= 0.3 is 5.97 Å². The summed E-state index contributed by atoms with van der Waals surface area (Å²) < 4.78 is 15.4. The van der Waals surface area contributed by atoms with Gasteiger partial charge in [0.2, 0.25) is 0 Å². The number of aryl methyl sites for hydroxylation is 3. The fourth-order valence-corrected chi connectivity index (χ4v) is 3.50. The first-order chi connectivity index (χ1) is 13.4. The highest BCUT2D eigenvalue weighted by Crippen LogP contribution is 2.31. The third-order valence-electron chi connectivity index (χ3n) is 4.90. The molecule has 1 aliphatic rings. The SMILES string of the molecule is COC(=O)COc1c(C)cc(/C=C2\CCc3cc(OC)ccc3C2=O)cc1C. The number of carbonyl (C=O) groups is 2. The highest BCUT2D eigenvalue weighted by molar-refractivity contribution is 6.13. The van der Waals surface area contributed by atoms with Gasteiger partial charge in [-0.2, -0.15) is 0 Å². The second kappa shape index (κ2) is 8.30. The number of rotatable bonds is 5. The third-order valence-corrected chi connectivity index (χ3v) is 4.90. The molecule has 5 heteroatoms. The molecule has 0 aliphatic heterocycles. The van der Waals surface area contributed by atoms with Crippen LogP contribution in [0.25, 0.3) is 6.08 Å². The molecule has 0 spiro atoms. The fraction of sp³-hybridized carbons (Fsp3) is 0.304. The number of allylic oxidation sites excluding steroid dienone is 1. The minimum Gasteiger partial charge on any atom is -0.497 e. The molecule has 0 fully saturated rings. The van der Waals surface area contributed by atoms with Crippen LogP contribution in [0.3, 0.4) is 0 Å². The first-order valence-corrected chi connectivity index (χ1v) is 9.16. The highest BCUT2D eigenvalue weighted by atomic mass is 16.6. The van der Waals surface area contributed by atoms with Gasteiger partial charge in [0.1, 0.15) is 11.5 Å². The van der Waals surface area contributed by atoms with E-state index in [9.17, 15) is 9.59 Å². The Morgan fingerprint density at radius 3 is 2.43 bits per heavy atom. The topological polar surface area (TPSA) is 61.8 Å². The van der Waals surface area contributed by atoms with Crippen LogP contribution in [0.4, 0.5) is 0 Å². The van der Waals surface area contributed by atoms with E-state index in [0.29, 0.717) is 12.2 Å². The second-order valence-electron chi connectivity index (χ2n) is 6.87. The number of benzene rings is 2. The smallest absolute Gasteiger partial charge is 0.343 e. The molecular weight excluding hydrogens is 356 g/mol. The van der Waals surface area contributed by atoms with Crippen molar-refractivity contribution in [2.24, 2.45) is 0 Å². The first kappa shape index (κ1) is 19.7. The Kier molecular flexibility index (Phi) is 5.83. The quantitative estimate of drug-likeness (QED) is 0.578. The lowest BCUT2D eigenvalue weighted by Crippen LogP contribution is -2.14. The van der Waals surface area contributed by atoms with Crippen molar-refractivity contribution in [2.45, 2.75) is 26.7 Å². The highest BCUT2D eigenvalue weighted by Gasteiger charge is 2.22. The van der Waals surface area contributed by atoms with Crippen molar-refractivity contribution in [1.29, 1.82) is 0 Å². The van der Waals surface area contributed by atoms with Gasteiger partial charge in [-0.25, -0.2) is 4.79 Å². The molecule has 0 saturated heterocycles. The molecule has 0 aromatic heterocycles. The third kappa shape index (κ3) is 4.09. The predicted molar refractivity (Wildman–Crippen MR) is 107 cm³/mol. The van der Waals surface area contributed by atoms with Crippen LogP contribution in [0.15, 0.2) is 35.9 Å². The first-order valence-electron chi connectivity index (χ1n) is 9.16. The zero-order valence-electron chi connectivity index (χ0n) is 16.6. The maximum atomic E-state index is 12.9. The van der Waals surface area contributed by atoms with Gasteiger partial charge in [-0.15, -0.1) is 0 Å². The molecule has 146 valence electrons. The Labute approximate surface area is 164 Å². The number of esters is 1. The van der Waals surface area contributed by atoms with E-state index in [-0.39, 0.29) is 12.4 Å². The van der Waals surface area contributed by atoms with Gasteiger partial charge in [-0.3, -0.25) is 4.79 Å². The molecule has 0 N–H and O–H groups in total. The number of hydrogen-bond acceptors (Lipinski definition) is 5. The van der Waals surface area contributed by atoms with Crippen LogP contribution in [-0.2, 0) is 16.0 Å². The number of fused-ring (bicyclic) bond motifs is 1. The molecule has 28 heavy (non-hydrogen) atoms. The fourth-order valence-electron chi connectivity index (χ4n) is 3.50. The van der Waals surface area contributed by atoms with Crippen molar-refractivity contribution in [3.05, 3.63) is 63.7 Å². The summed E-state index contributed by atoms with van der Waals surface area (Å²) in [5.41, 5.74) is 5.32. The van der Waals surface area contributed by atoms with Gasteiger partial charge in [0.25, 0.3) is 0 Å². The van der Waals surface area contributed by atoms with E-state index in [1.54, 1.807) is 7.11 Å². The molecule has 3 rings (SSSR count). The second-order valence-corrected chi connectivity index (χ2v) is 6.87. The monoisotopic (exact) mass is 380 g/mol. The molecule has 0 amide bonds. The van der Waals surface area contributed by atoms with Crippen LogP contribution >= 0.6 is 0 Å². The van der Waals surface area contributed by atoms with Gasteiger partial charge in [0.05, 0.1) is 14.2 Å². The number of carbonyl (C=O) groups excluding carboxylic acids is 2. The number of Topliss-reactive ketones (excluding diaryl/α,β-unsaturated/α-hetero) is 1. The van der Waals surface area contributed by atoms with Crippen molar-refractivity contribution >= 4 is 17.8 Å². The van der Waals surface area contributed by atoms with Crippen LogP contribution in [-0.4, -0.2) is 32.6 Å². The molecule has 0 unspecified atom stereocenters. The minimum absolute atomic E-state index is 0.0604. The van der Waals surface area contributed by atoms with E-state index in [1.165, 1.54) is 7.11 Å². The Morgan fingerprint density at radius 1 is 1.07 bits per heavy atom. The average Bonchev–Trinajstić information content (AvgIpc) is 2.69. The maximum Gasteiger partial charge on any atom is 0.343 e. The number of ether oxygens (including phenoxy) is 3. The van der Waals surface area contributed by atoms with Crippen LogP contribution in [0.2, 0.25) is 0 Å². The van der Waals surface area contributed by atoms with Crippen molar-refractivity contribution < 1.29 is 23.8 Å². The molecule has 0 radical (unpaired) electrons. The minimum atomic E-state index is -0.423. The molecule has 5 nitrogen and oxygen atoms in total. The van der Waals surface area contributed by atoms with Gasteiger partial charge in [-0.05, 0) is 85.4 Å². The Bertz CT molecular complexity index is 932. The van der Waals surface area contributed by atoms with E-state index in [4.69, 9.17) is 9.47 Å². The molecule has 2 aromatic carbocycles. The van der Waals surface area contributed by atoms with Gasteiger partial charge < -0.3 is 14.2 Å². The van der Waals surface area contributed by atoms with Crippen molar-refractivity contribution in [3.63, 3.8) is 0 Å². The predicted octanol–water partition coefficient (Wildman–Crippen LogP) is 4.08. The van der Waals surface area contributed by atoms with E-state index in [0.717, 1.165) is 45.6 Å². The molecular formula is C23H24O5. The zero-order chi connectivity index (χ0) is 20.3. The lowest BCUT2D eigenvalue weighted by molar-refractivity contribution is -0.142. The molecule has 0 atom stereocenters. The average molecular weight is 380 g/mol. The summed E-state index contributed by atoms with van der Waals surface area (Å²) in [5, 5.41) is 0. The number of methoxy groups -OCH3 is 2. The van der Waals surface area contributed by atoms with Gasteiger partial charge in [0.15, 0.2) is 12.4 Å². The summed E-state index contributed by atoms with van der Waals surface area (Å²) in [7, 11) is 2.96. The summed E-state index contributed by atoms with van der Waals surface area (Å²) in [6.07, 6.45) is 3.44. The van der Waals surface area contributed by atoms with Crippen molar-refractivity contribution in [1.82, 2.24) is 0 Å². The summed E-state index contributed by atoms with van der Waals surface area (Å²) in [4.78, 5) is 24.2. The zero-order valence-corrected chi connectivity index (χ0v) is 16.6. The lowest BCUT2D eigenvalue weighted by atomic mass is 9.85. The normalized spacial score (nSPS) is 14.6. The van der Waals surface area contributed by atoms with Crippen LogP contribution < -0.4 is 9.47 Å². The molecule has 0 bridgehead atoms. The van der Waals surface area contributed by atoms with E-state index >= 15 is 0 Å². The summed E-state index contributed by atoms with van der Waals surface area (Å²) in [6.45, 7) is 3.72. The number of ketones is 1. The number of hydrogen-bond donors (Lipinski definition) is 0. The van der Waals surface area contributed by atoms with Crippen LogP contribution in [0, 0.1) is 13.8 Å². The summed E-state index contributed by atoms with van der Waals surface area (Å²) in [5.74, 6) is 1.08. The lowest BCUT2D eigenvalue weighted by Gasteiger charge is -2.19. The van der Waals surface area contributed by atoms with Gasteiger partial charge in [0, 0.05) is 11.1 Å². The van der Waals surface area contributed by atoms with Crippen molar-refractivity contribution in [3.8, 4) is 11.5 Å². The molecule has 2 aromatic rings. The maximum absolute atomic E-state index is 12.9. The van der Waals surface area contributed by atoms with Gasteiger partial charge in [-0.1, -0.05) is 0 Å². The van der Waals surface area contributed by atoms with Crippen LogP contribution in [0.1, 0.15) is 39.0 Å². The summed E-state index contributed by atoms with van der Waals surface area (Å²) >= 11 is 0. The Morgan fingerprint density at radius 2 is 1.79 bits per heavy atom. The van der Waals surface area contributed by atoms with E-state index in [2.05, 4.69) is 4.74 Å². The Balaban J connectivity index is 1.85. The van der Waals surface area contributed by atoms with Crippen LogP contribution in [0.5, 0.6) is 11.5 Å². The molecule has 0 saturated carbocycles. The standard InChI is InChI=1S/C23H24O5/c1-14-9-16(10-15(2)23(14)28-13-21(24)27-4)11-18-6-5-17-12-19(26-3)7-8-20(17)22(18)25/h7-12H,5-6,13H2,1-4H3/b18-11+. The molecule has 1 aliphatic carbocycles. The summed E-state index contributed by atoms with van der Waals surface area (Å²) in [6, 6.07) is 9.52. The van der Waals surface area contributed by atoms with E-state index in [1.807, 2.05) is 50.3 Å². The van der Waals surface area contributed by atoms with E-state index < -0.39 is 5.97 Å². The largest absolute Gasteiger partial charge is 0.497 e. The Hall–Kier alpha value is -3.08. The van der Waals surface area contributed by atoms with Crippen molar-refractivity contribution in [2.75, 3.05) is 20.8 Å².